The van der Waals surface area contributed by atoms with E-state index < -0.39 is 11.8 Å². The third kappa shape index (κ3) is 6.63. The summed E-state index contributed by atoms with van der Waals surface area (Å²) in [5, 5.41) is 5.45. The molecule has 0 aromatic heterocycles. The lowest BCUT2D eigenvalue weighted by Crippen LogP contribution is -2.54. The average molecular weight is 564 g/mol. The average Bonchev–Trinajstić information content (AvgIpc) is 2.91. The van der Waals surface area contributed by atoms with E-state index in [2.05, 4.69) is 10.6 Å². The highest BCUT2D eigenvalue weighted by Gasteiger charge is 2.34. The molecule has 0 bridgehead atoms. The molecule has 200 valence electrons. The van der Waals surface area contributed by atoms with E-state index in [1.54, 1.807) is 49.4 Å². The first-order valence-corrected chi connectivity index (χ1v) is 13.0. The van der Waals surface area contributed by atoms with Gasteiger partial charge in [-0.1, -0.05) is 48.9 Å². The van der Waals surface area contributed by atoms with Crippen molar-refractivity contribution in [1.82, 2.24) is 5.32 Å². The summed E-state index contributed by atoms with van der Waals surface area (Å²) in [6.45, 7) is 3.80. The molecule has 2 N–H and O–H groups in total. The summed E-state index contributed by atoms with van der Waals surface area (Å²) in [5.74, 6) is -1.14. The minimum Gasteiger partial charge on any atom is -0.490 e. The molecule has 39 heavy (non-hydrogen) atoms. The van der Waals surface area contributed by atoms with E-state index in [4.69, 9.17) is 33.3 Å². The molecule has 3 amide bonds. The quantitative estimate of drug-likeness (QED) is 0.212. The third-order valence-corrected chi connectivity index (χ3v) is 6.32. The molecule has 1 fully saturated rings. The van der Waals surface area contributed by atoms with Gasteiger partial charge in [0.15, 0.2) is 23.2 Å². The fourth-order valence-corrected chi connectivity index (χ4v) is 4.42. The topological polar surface area (TPSA) is 97.0 Å². The zero-order chi connectivity index (χ0) is 27.9. The Bertz CT molecular complexity index is 1440. The van der Waals surface area contributed by atoms with Gasteiger partial charge in [-0.15, -0.1) is 0 Å². The second kappa shape index (κ2) is 12.6. The summed E-state index contributed by atoms with van der Waals surface area (Å²) in [4.78, 5) is 39.7. The molecule has 4 rings (SSSR count). The SMILES string of the molecule is CCOc1cc(/C=C2\C(=O)NC(=S)N(c3ccc(CC)cc3)C2=O)cc(Cl)c1OCC(=O)Nc1ccccc1. The van der Waals surface area contributed by atoms with Crippen molar-refractivity contribution in [2.45, 2.75) is 20.3 Å². The largest absolute Gasteiger partial charge is 0.490 e. The summed E-state index contributed by atoms with van der Waals surface area (Å²) >= 11 is 11.8. The molecular formula is C29H26ClN3O5S. The fraction of sp³-hybridized carbons (Fsp3) is 0.172. The number of aryl methyl sites for hydroxylation is 1. The Balaban J connectivity index is 1.58. The van der Waals surface area contributed by atoms with Crippen LogP contribution >= 0.6 is 23.8 Å². The normalized spacial score (nSPS) is 14.3. The number of ether oxygens (including phenoxy) is 2. The van der Waals surface area contributed by atoms with Crippen LogP contribution in [0, 0.1) is 0 Å². The Morgan fingerprint density at radius 3 is 2.44 bits per heavy atom. The van der Waals surface area contributed by atoms with Gasteiger partial charge >= 0.3 is 0 Å². The van der Waals surface area contributed by atoms with Crippen molar-refractivity contribution in [3.05, 3.63) is 88.5 Å². The van der Waals surface area contributed by atoms with Gasteiger partial charge in [-0.25, -0.2) is 0 Å². The number of nitrogens with one attached hydrogen (secondary N) is 2. The van der Waals surface area contributed by atoms with Crippen LogP contribution in [-0.4, -0.2) is 36.0 Å². The predicted octanol–water partition coefficient (Wildman–Crippen LogP) is 5.15. The lowest BCUT2D eigenvalue weighted by Gasteiger charge is -2.29. The number of amides is 3. The van der Waals surface area contributed by atoms with Crippen LogP contribution in [0.15, 0.2) is 72.3 Å². The van der Waals surface area contributed by atoms with Gasteiger partial charge in [0, 0.05) is 5.69 Å². The maximum absolute atomic E-state index is 13.4. The Labute approximate surface area is 236 Å². The highest BCUT2D eigenvalue weighted by atomic mass is 35.5. The molecule has 0 saturated carbocycles. The molecule has 1 saturated heterocycles. The molecule has 0 spiro atoms. The lowest BCUT2D eigenvalue weighted by molar-refractivity contribution is -0.122. The number of hydrogen-bond donors (Lipinski definition) is 2. The van der Waals surface area contributed by atoms with Gasteiger partial charge in [-0.2, -0.15) is 0 Å². The van der Waals surface area contributed by atoms with Crippen LogP contribution in [0.1, 0.15) is 25.0 Å². The van der Waals surface area contributed by atoms with Crippen LogP contribution in [0.3, 0.4) is 0 Å². The monoisotopic (exact) mass is 563 g/mol. The van der Waals surface area contributed by atoms with Crippen LogP contribution in [-0.2, 0) is 20.8 Å². The van der Waals surface area contributed by atoms with Crippen molar-refractivity contribution in [3.63, 3.8) is 0 Å². The number of rotatable bonds is 9. The molecule has 1 aliphatic rings. The number of carbonyl (C=O) groups is 3. The van der Waals surface area contributed by atoms with Crippen molar-refractivity contribution < 1.29 is 23.9 Å². The number of carbonyl (C=O) groups excluding carboxylic acids is 3. The number of para-hydroxylation sites is 1. The smallest absolute Gasteiger partial charge is 0.270 e. The Kier molecular flexibility index (Phi) is 8.96. The zero-order valence-corrected chi connectivity index (χ0v) is 22.9. The molecule has 0 atom stereocenters. The zero-order valence-electron chi connectivity index (χ0n) is 21.3. The number of halogens is 1. The van der Waals surface area contributed by atoms with E-state index in [1.807, 2.05) is 25.1 Å². The van der Waals surface area contributed by atoms with Crippen LogP contribution < -0.4 is 25.0 Å². The van der Waals surface area contributed by atoms with Crippen molar-refractivity contribution in [2.24, 2.45) is 0 Å². The Morgan fingerprint density at radius 2 is 1.77 bits per heavy atom. The first-order valence-electron chi connectivity index (χ1n) is 12.2. The number of thiocarbonyl (C=S) groups is 1. The van der Waals surface area contributed by atoms with Crippen molar-refractivity contribution in [2.75, 3.05) is 23.4 Å². The van der Waals surface area contributed by atoms with Gasteiger partial charge in [0.1, 0.15) is 5.57 Å². The second-order valence-electron chi connectivity index (χ2n) is 8.44. The highest BCUT2D eigenvalue weighted by Crippen LogP contribution is 2.37. The van der Waals surface area contributed by atoms with E-state index in [0.717, 1.165) is 12.0 Å². The van der Waals surface area contributed by atoms with Crippen molar-refractivity contribution in [1.29, 1.82) is 0 Å². The van der Waals surface area contributed by atoms with Gasteiger partial charge < -0.3 is 14.8 Å². The van der Waals surface area contributed by atoms with Crippen molar-refractivity contribution >= 4 is 64.1 Å². The third-order valence-electron chi connectivity index (χ3n) is 5.75. The van der Waals surface area contributed by atoms with E-state index in [1.165, 1.54) is 17.0 Å². The number of anilines is 2. The summed E-state index contributed by atoms with van der Waals surface area (Å²) in [6.07, 6.45) is 2.26. The first-order chi connectivity index (χ1) is 18.8. The molecule has 8 nitrogen and oxygen atoms in total. The number of nitrogens with zero attached hydrogens (tertiary/aromatic N) is 1. The molecule has 0 unspecified atom stereocenters. The van der Waals surface area contributed by atoms with Crippen LogP contribution in [0.2, 0.25) is 5.02 Å². The second-order valence-corrected chi connectivity index (χ2v) is 9.24. The van der Waals surface area contributed by atoms with E-state index in [9.17, 15) is 14.4 Å². The molecule has 1 heterocycles. The van der Waals surface area contributed by atoms with Crippen LogP contribution in [0.25, 0.3) is 6.08 Å². The van der Waals surface area contributed by atoms with E-state index in [-0.39, 0.29) is 46.3 Å². The summed E-state index contributed by atoms with van der Waals surface area (Å²) in [5.41, 5.74) is 2.58. The van der Waals surface area contributed by atoms with Crippen LogP contribution in [0.5, 0.6) is 11.5 Å². The van der Waals surface area contributed by atoms with Crippen molar-refractivity contribution in [3.8, 4) is 11.5 Å². The maximum Gasteiger partial charge on any atom is 0.270 e. The summed E-state index contributed by atoms with van der Waals surface area (Å²) in [6, 6.07) is 19.4. The molecule has 3 aromatic rings. The summed E-state index contributed by atoms with van der Waals surface area (Å²) < 4.78 is 11.4. The molecule has 3 aromatic carbocycles. The molecule has 0 radical (unpaired) electrons. The summed E-state index contributed by atoms with van der Waals surface area (Å²) in [7, 11) is 0. The molecule has 0 aliphatic carbocycles. The first kappa shape index (κ1) is 27.8. The van der Waals surface area contributed by atoms with Gasteiger partial charge in [0.05, 0.1) is 17.3 Å². The predicted molar refractivity (Wildman–Crippen MR) is 155 cm³/mol. The van der Waals surface area contributed by atoms with E-state index >= 15 is 0 Å². The minimum atomic E-state index is -0.626. The Hall–Kier alpha value is -4.21. The van der Waals surface area contributed by atoms with Gasteiger partial charge in [0.2, 0.25) is 0 Å². The Morgan fingerprint density at radius 1 is 1.05 bits per heavy atom. The highest BCUT2D eigenvalue weighted by molar-refractivity contribution is 7.80. The molecule has 1 aliphatic heterocycles. The lowest BCUT2D eigenvalue weighted by atomic mass is 10.1. The fourth-order valence-electron chi connectivity index (χ4n) is 3.87. The van der Waals surface area contributed by atoms with Gasteiger partial charge in [0.25, 0.3) is 17.7 Å². The standard InChI is InChI=1S/C29H26ClN3O5S/c1-3-18-10-12-21(13-11-18)33-28(36)22(27(35)32-29(33)39)14-19-15-23(30)26(24(16-19)37-4-2)38-17-25(34)31-20-8-6-5-7-9-20/h5-16H,3-4,17H2,1-2H3,(H,31,34)(H,32,35,39)/b22-14+. The maximum atomic E-state index is 13.4. The molecular weight excluding hydrogens is 538 g/mol. The van der Waals surface area contributed by atoms with Gasteiger partial charge in [-0.05, 0) is 79.2 Å². The van der Waals surface area contributed by atoms with E-state index in [0.29, 0.717) is 16.9 Å². The van der Waals surface area contributed by atoms with Crippen LogP contribution in [0.4, 0.5) is 11.4 Å². The van der Waals surface area contributed by atoms with Gasteiger partial charge in [-0.3, -0.25) is 24.6 Å². The number of benzene rings is 3. The minimum absolute atomic E-state index is 0.00281. The number of hydrogen-bond acceptors (Lipinski definition) is 6. The molecule has 10 heteroatoms.